The van der Waals surface area contributed by atoms with Crippen molar-refractivity contribution < 1.29 is 4.48 Å². The zero-order valence-corrected chi connectivity index (χ0v) is 9.65. The van der Waals surface area contributed by atoms with E-state index in [-0.39, 0.29) is 5.96 Å². The Morgan fingerprint density at radius 2 is 1.79 bits per heavy atom. The van der Waals surface area contributed by atoms with Crippen LogP contribution < -0.4 is 11.5 Å². The maximum atomic E-state index is 5.33. The summed E-state index contributed by atoms with van der Waals surface area (Å²) in [6.45, 7) is 2.65. The second-order valence-electron chi connectivity index (χ2n) is 3.78. The number of hydrogen-bond acceptors (Lipinski definition) is 2. The van der Waals surface area contributed by atoms with Crippen LogP contribution in [-0.2, 0) is 0 Å². The Bertz CT molecular complexity index is 233. The van der Waals surface area contributed by atoms with Gasteiger partial charge in [-0.2, -0.15) is 5.01 Å². The summed E-state index contributed by atoms with van der Waals surface area (Å²) in [5.41, 5.74) is 10.7. The van der Waals surface area contributed by atoms with Crippen LogP contribution in [0.2, 0.25) is 0 Å². The number of aliphatic imine (C=N–C) groups is 1. The minimum Gasteiger partial charge on any atom is -0.369 e. The summed E-state index contributed by atoms with van der Waals surface area (Å²) in [5.74, 6) is 0.849. The van der Waals surface area contributed by atoms with Crippen molar-refractivity contribution in [2.24, 2.45) is 21.6 Å². The number of hydrazone groups is 1. The van der Waals surface area contributed by atoms with Gasteiger partial charge in [-0.15, -0.1) is 5.10 Å². The quantitative estimate of drug-likeness (QED) is 0.265. The van der Waals surface area contributed by atoms with Crippen molar-refractivity contribution in [3.05, 3.63) is 0 Å². The zero-order valence-electron chi connectivity index (χ0n) is 9.65. The highest BCUT2D eigenvalue weighted by Crippen LogP contribution is 2.02. The molecular weight excluding hydrogens is 180 g/mol. The molecule has 0 rings (SSSR count). The molecule has 14 heavy (non-hydrogen) atoms. The second kappa shape index (κ2) is 4.80. The van der Waals surface area contributed by atoms with Gasteiger partial charge >= 0.3 is 5.96 Å². The molecule has 0 amide bonds. The Morgan fingerprint density at radius 1 is 1.29 bits per heavy atom. The molecule has 0 radical (unpaired) electrons. The summed E-state index contributed by atoms with van der Waals surface area (Å²) in [4.78, 5) is 4.18. The van der Waals surface area contributed by atoms with Gasteiger partial charge in [-0.3, -0.25) is 4.48 Å². The number of nitrogens with zero attached hydrogens (tertiary/aromatic N) is 4. The lowest BCUT2D eigenvalue weighted by molar-refractivity contribution is -0.783. The number of hydrogen-bond donors (Lipinski definition) is 2. The highest BCUT2D eigenvalue weighted by Gasteiger charge is 2.23. The summed E-state index contributed by atoms with van der Waals surface area (Å²) in [5, 5.41) is 5.68. The van der Waals surface area contributed by atoms with Gasteiger partial charge in [0.25, 0.3) is 0 Å². The molecule has 82 valence electrons. The molecule has 0 bridgehead atoms. The Morgan fingerprint density at radius 3 is 2.00 bits per heavy atom. The molecule has 0 aliphatic carbocycles. The van der Waals surface area contributed by atoms with Gasteiger partial charge in [0.15, 0.2) is 0 Å². The third-order valence-corrected chi connectivity index (χ3v) is 1.57. The minimum absolute atomic E-state index is 0.0430. The maximum absolute atomic E-state index is 5.33. The van der Waals surface area contributed by atoms with Gasteiger partial charge in [0.2, 0.25) is 5.96 Å². The molecule has 6 heteroatoms. The van der Waals surface area contributed by atoms with Gasteiger partial charge in [-0.1, -0.05) is 0 Å². The first kappa shape index (κ1) is 12.7. The van der Waals surface area contributed by atoms with Crippen molar-refractivity contribution >= 4 is 11.9 Å². The molecule has 0 aliphatic heterocycles. The molecule has 0 atom stereocenters. The van der Waals surface area contributed by atoms with Gasteiger partial charge in [-0.05, 0) is 6.92 Å². The Balaban J connectivity index is 4.93. The van der Waals surface area contributed by atoms with Crippen molar-refractivity contribution in [1.29, 1.82) is 0 Å². The SMILES string of the molecule is CCN(N=C(N)N)C(=NC)[N+](C)(C)C. The molecule has 0 aliphatic rings. The lowest BCUT2D eigenvalue weighted by Gasteiger charge is -2.29. The summed E-state index contributed by atoms with van der Waals surface area (Å²) in [7, 11) is 7.75. The normalized spacial score (nSPS) is 12.5. The van der Waals surface area contributed by atoms with E-state index in [9.17, 15) is 0 Å². The van der Waals surface area contributed by atoms with E-state index in [1.165, 1.54) is 0 Å². The van der Waals surface area contributed by atoms with Crippen LogP contribution in [0.4, 0.5) is 0 Å². The van der Waals surface area contributed by atoms with E-state index < -0.39 is 0 Å². The maximum Gasteiger partial charge on any atom is 0.320 e. The molecule has 4 N–H and O–H groups in total. The summed E-state index contributed by atoms with van der Waals surface area (Å²) < 4.78 is 0.571. The van der Waals surface area contributed by atoms with E-state index in [1.54, 1.807) is 12.1 Å². The van der Waals surface area contributed by atoms with E-state index in [1.807, 2.05) is 28.1 Å². The molecule has 6 nitrogen and oxygen atoms in total. The van der Waals surface area contributed by atoms with Crippen LogP contribution in [-0.4, -0.2) is 56.1 Å². The first-order valence-corrected chi connectivity index (χ1v) is 4.48. The number of nitrogens with two attached hydrogens (primary N) is 2. The van der Waals surface area contributed by atoms with Crippen molar-refractivity contribution in [1.82, 2.24) is 5.01 Å². The van der Waals surface area contributed by atoms with Gasteiger partial charge in [-0.25, -0.2) is 4.99 Å². The van der Waals surface area contributed by atoms with E-state index in [0.717, 1.165) is 5.96 Å². The fourth-order valence-corrected chi connectivity index (χ4v) is 1.16. The lowest BCUT2D eigenvalue weighted by Crippen LogP contribution is -2.50. The zero-order chi connectivity index (χ0) is 11.4. The van der Waals surface area contributed by atoms with Crippen LogP contribution in [0.5, 0.6) is 0 Å². The van der Waals surface area contributed by atoms with E-state index >= 15 is 0 Å². The van der Waals surface area contributed by atoms with Crippen LogP contribution in [0, 0.1) is 0 Å². The third kappa shape index (κ3) is 3.61. The molecule has 0 heterocycles. The average Bonchev–Trinajstić information content (AvgIpc) is 2.00. The number of rotatable bonds is 2. The molecule has 0 saturated heterocycles. The molecule has 0 unspecified atom stereocenters. The molecular formula is C8H21N6+. The van der Waals surface area contributed by atoms with Crippen LogP contribution in [0.25, 0.3) is 0 Å². The highest BCUT2D eigenvalue weighted by atomic mass is 15.6. The molecule has 0 fully saturated rings. The van der Waals surface area contributed by atoms with E-state index in [2.05, 4.69) is 10.1 Å². The summed E-state index contributed by atoms with van der Waals surface area (Å²) in [6, 6.07) is 0. The molecule has 0 aromatic heterocycles. The van der Waals surface area contributed by atoms with Gasteiger partial charge < -0.3 is 11.5 Å². The van der Waals surface area contributed by atoms with E-state index in [4.69, 9.17) is 11.5 Å². The molecule has 0 spiro atoms. The van der Waals surface area contributed by atoms with Gasteiger partial charge in [0.05, 0.1) is 21.1 Å². The first-order valence-electron chi connectivity index (χ1n) is 4.48. The minimum atomic E-state index is 0.0430. The average molecular weight is 201 g/mol. The largest absolute Gasteiger partial charge is 0.369 e. The predicted molar refractivity (Wildman–Crippen MR) is 59.6 cm³/mol. The van der Waals surface area contributed by atoms with Crippen LogP contribution in [0.15, 0.2) is 10.1 Å². The Kier molecular flexibility index (Phi) is 4.36. The highest BCUT2D eigenvalue weighted by molar-refractivity contribution is 5.79. The number of guanidine groups is 2. The smallest absolute Gasteiger partial charge is 0.320 e. The summed E-state index contributed by atoms with van der Waals surface area (Å²) >= 11 is 0. The van der Waals surface area contributed by atoms with Gasteiger partial charge in [0.1, 0.15) is 0 Å². The van der Waals surface area contributed by atoms with Crippen molar-refractivity contribution in [3.8, 4) is 0 Å². The van der Waals surface area contributed by atoms with Crippen molar-refractivity contribution in [2.75, 3.05) is 34.7 Å². The van der Waals surface area contributed by atoms with Crippen molar-refractivity contribution in [2.45, 2.75) is 6.92 Å². The standard InChI is InChI=1S/C8H21N6/c1-6-13(12-7(9)10)8(11-2)14(3,4)5/h6H2,1-5H3,(H4,9,10,12)/q+1. The lowest BCUT2D eigenvalue weighted by atomic mass is 10.6. The first-order chi connectivity index (χ1) is 6.32. The Hall–Kier alpha value is -1.30. The van der Waals surface area contributed by atoms with Crippen LogP contribution in [0.1, 0.15) is 6.92 Å². The second-order valence-corrected chi connectivity index (χ2v) is 3.78. The van der Waals surface area contributed by atoms with E-state index in [0.29, 0.717) is 11.0 Å². The van der Waals surface area contributed by atoms with Crippen LogP contribution in [0.3, 0.4) is 0 Å². The monoisotopic (exact) mass is 201 g/mol. The topological polar surface area (TPSA) is 80.0 Å². The molecule has 0 aromatic carbocycles. The van der Waals surface area contributed by atoms with Crippen LogP contribution >= 0.6 is 0 Å². The molecule has 0 saturated carbocycles. The fraction of sp³-hybridized carbons (Fsp3) is 0.750. The predicted octanol–water partition coefficient (Wildman–Crippen LogP) is -0.811. The van der Waals surface area contributed by atoms with Gasteiger partial charge in [0, 0.05) is 13.6 Å². The van der Waals surface area contributed by atoms with Crippen molar-refractivity contribution in [3.63, 3.8) is 0 Å². The summed E-state index contributed by atoms with van der Waals surface area (Å²) in [6.07, 6.45) is 0. The number of quaternary nitrogens is 1. The fourth-order valence-electron chi connectivity index (χ4n) is 1.16. The molecule has 0 aromatic rings. The Labute approximate surface area is 85.5 Å². The third-order valence-electron chi connectivity index (χ3n) is 1.57.